The van der Waals surface area contributed by atoms with Crippen molar-refractivity contribution in [1.29, 1.82) is 0 Å². The summed E-state index contributed by atoms with van der Waals surface area (Å²) in [6.07, 6.45) is 0. The molecule has 0 aliphatic carbocycles. The zero-order chi connectivity index (χ0) is 13.4. The first-order chi connectivity index (χ1) is 9.16. The molecule has 3 nitrogen and oxygen atoms in total. The molecule has 94 valence electrons. The Hall–Kier alpha value is -2.07. The van der Waals surface area contributed by atoms with Gasteiger partial charge in [0.15, 0.2) is 4.67 Å². The Kier molecular flexibility index (Phi) is 2.87. The number of hydrogen-bond donors (Lipinski definition) is 1. The quantitative estimate of drug-likeness (QED) is 0.754. The van der Waals surface area contributed by atoms with Crippen molar-refractivity contribution in [3.05, 3.63) is 58.8 Å². The monoisotopic (exact) mass is 316 g/mol. The Morgan fingerprint density at radius 2 is 1.89 bits per heavy atom. The van der Waals surface area contributed by atoms with Crippen LogP contribution in [0.25, 0.3) is 22.1 Å². The number of aromatic carboxylic acids is 1. The van der Waals surface area contributed by atoms with Gasteiger partial charge in [-0.2, -0.15) is 0 Å². The van der Waals surface area contributed by atoms with Crippen LogP contribution in [0, 0.1) is 0 Å². The van der Waals surface area contributed by atoms with E-state index in [0.29, 0.717) is 4.67 Å². The van der Waals surface area contributed by atoms with Gasteiger partial charge in [0.05, 0.1) is 5.56 Å². The Morgan fingerprint density at radius 3 is 2.68 bits per heavy atom. The van der Waals surface area contributed by atoms with Crippen molar-refractivity contribution in [2.75, 3.05) is 0 Å². The zero-order valence-electron chi connectivity index (χ0n) is 9.76. The maximum absolute atomic E-state index is 11.0. The Bertz CT molecular complexity index is 774. The second-order valence-corrected chi connectivity index (χ2v) is 4.85. The van der Waals surface area contributed by atoms with Gasteiger partial charge in [0, 0.05) is 10.9 Å². The minimum absolute atomic E-state index is 0.259. The lowest BCUT2D eigenvalue weighted by atomic mass is 10.0. The molecule has 0 atom stereocenters. The van der Waals surface area contributed by atoms with Gasteiger partial charge >= 0.3 is 5.97 Å². The van der Waals surface area contributed by atoms with E-state index in [-0.39, 0.29) is 5.56 Å². The van der Waals surface area contributed by atoms with E-state index < -0.39 is 5.97 Å². The number of carboxylic acid groups (broad SMARTS) is 1. The van der Waals surface area contributed by atoms with E-state index in [2.05, 4.69) is 15.9 Å². The van der Waals surface area contributed by atoms with Crippen molar-refractivity contribution in [3.8, 4) is 11.1 Å². The normalized spacial score (nSPS) is 10.8. The van der Waals surface area contributed by atoms with Crippen LogP contribution in [0.2, 0.25) is 0 Å². The van der Waals surface area contributed by atoms with Crippen molar-refractivity contribution >= 4 is 32.9 Å². The van der Waals surface area contributed by atoms with E-state index in [0.717, 1.165) is 22.1 Å². The van der Waals surface area contributed by atoms with Gasteiger partial charge in [-0.3, -0.25) is 0 Å². The van der Waals surface area contributed by atoms with Gasteiger partial charge in [0.25, 0.3) is 0 Å². The van der Waals surface area contributed by atoms with Crippen molar-refractivity contribution in [3.63, 3.8) is 0 Å². The molecular weight excluding hydrogens is 308 g/mol. The van der Waals surface area contributed by atoms with Gasteiger partial charge in [-0.25, -0.2) is 4.79 Å². The first-order valence-electron chi connectivity index (χ1n) is 5.67. The maximum Gasteiger partial charge on any atom is 0.335 e. The smallest absolute Gasteiger partial charge is 0.335 e. The number of benzene rings is 2. The van der Waals surface area contributed by atoms with E-state index in [1.54, 1.807) is 18.2 Å². The Morgan fingerprint density at radius 1 is 1.11 bits per heavy atom. The van der Waals surface area contributed by atoms with Crippen LogP contribution in [0.4, 0.5) is 0 Å². The summed E-state index contributed by atoms with van der Waals surface area (Å²) in [7, 11) is 0. The van der Waals surface area contributed by atoms with E-state index in [1.165, 1.54) is 0 Å². The topological polar surface area (TPSA) is 50.4 Å². The molecule has 0 unspecified atom stereocenters. The molecule has 0 bridgehead atoms. The van der Waals surface area contributed by atoms with Crippen LogP contribution in [0.15, 0.2) is 57.6 Å². The van der Waals surface area contributed by atoms with Gasteiger partial charge in [-0.05, 0) is 39.7 Å². The molecule has 3 aromatic rings. The van der Waals surface area contributed by atoms with Crippen LogP contribution in [0.5, 0.6) is 0 Å². The van der Waals surface area contributed by atoms with Crippen LogP contribution in [-0.4, -0.2) is 11.1 Å². The van der Waals surface area contributed by atoms with Crippen molar-refractivity contribution in [1.82, 2.24) is 0 Å². The number of carboxylic acids is 1. The zero-order valence-corrected chi connectivity index (χ0v) is 11.3. The first-order valence-corrected chi connectivity index (χ1v) is 6.47. The molecule has 0 fully saturated rings. The highest BCUT2D eigenvalue weighted by molar-refractivity contribution is 9.10. The second-order valence-electron chi connectivity index (χ2n) is 4.13. The molecule has 0 aliphatic heterocycles. The summed E-state index contributed by atoms with van der Waals surface area (Å²) in [5, 5.41) is 10.0. The highest BCUT2D eigenvalue weighted by Crippen LogP contribution is 2.38. The lowest BCUT2D eigenvalue weighted by Crippen LogP contribution is -1.95. The molecule has 2 aromatic carbocycles. The SMILES string of the molecule is O=C(O)c1cccc(-c2c(Br)oc3ccccc23)c1. The molecule has 0 aliphatic rings. The Labute approximate surface area is 117 Å². The second kappa shape index (κ2) is 4.55. The van der Waals surface area contributed by atoms with Crippen LogP contribution in [0.1, 0.15) is 10.4 Å². The van der Waals surface area contributed by atoms with E-state index in [4.69, 9.17) is 9.52 Å². The van der Waals surface area contributed by atoms with E-state index in [1.807, 2.05) is 30.3 Å². The van der Waals surface area contributed by atoms with E-state index in [9.17, 15) is 4.79 Å². The predicted octanol–water partition coefficient (Wildman–Crippen LogP) is 4.56. The molecule has 0 saturated heterocycles. The van der Waals surface area contributed by atoms with E-state index >= 15 is 0 Å². The lowest BCUT2D eigenvalue weighted by molar-refractivity contribution is 0.0697. The first kappa shape index (κ1) is 12.0. The van der Waals surface area contributed by atoms with Gasteiger partial charge in [-0.1, -0.05) is 30.3 Å². The van der Waals surface area contributed by atoms with Gasteiger partial charge in [-0.15, -0.1) is 0 Å². The average Bonchev–Trinajstić information content (AvgIpc) is 2.74. The maximum atomic E-state index is 11.0. The molecule has 19 heavy (non-hydrogen) atoms. The molecule has 0 spiro atoms. The lowest BCUT2D eigenvalue weighted by Gasteiger charge is -2.01. The molecule has 0 saturated carbocycles. The number of furan rings is 1. The van der Waals surface area contributed by atoms with Crippen molar-refractivity contribution in [2.45, 2.75) is 0 Å². The highest BCUT2D eigenvalue weighted by atomic mass is 79.9. The summed E-state index contributed by atoms with van der Waals surface area (Å²) < 4.78 is 6.23. The molecule has 0 amide bonds. The fraction of sp³-hybridized carbons (Fsp3) is 0. The number of halogens is 1. The average molecular weight is 317 g/mol. The fourth-order valence-electron chi connectivity index (χ4n) is 2.09. The summed E-state index contributed by atoms with van der Waals surface area (Å²) in [6, 6.07) is 14.5. The van der Waals surface area contributed by atoms with Gasteiger partial charge in [0.1, 0.15) is 5.58 Å². The number of fused-ring (bicyclic) bond motifs is 1. The third kappa shape index (κ3) is 2.04. The third-order valence-corrected chi connectivity index (χ3v) is 3.51. The third-order valence-electron chi connectivity index (χ3n) is 2.95. The van der Waals surface area contributed by atoms with Gasteiger partial charge in [0.2, 0.25) is 0 Å². The molecular formula is C15H9BrO3. The Balaban J connectivity index is 2.27. The molecule has 1 N–H and O–H groups in total. The summed E-state index contributed by atoms with van der Waals surface area (Å²) >= 11 is 3.39. The van der Waals surface area contributed by atoms with Crippen LogP contribution >= 0.6 is 15.9 Å². The van der Waals surface area contributed by atoms with Crippen molar-refractivity contribution < 1.29 is 14.3 Å². The molecule has 1 heterocycles. The predicted molar refractivity (Wildman–Crippen MR) is 76.3 cm³/mol. The van der Waals surface area contributed by atoms with Crippen molar-refractivity contribution in [2.24, 2.45) is 0 Å². The largest absolute Gasteiger partial charge is 0.478 e. The summed E-state index contributed by atoms with van der Waals surface area (Å²) in [5.74, 6) is -0.939. The molecule has 4 heteroatoms. The minimum atomic E-state index is -0.939. The van der Waals surface area contributed by atoms with Crippen LogP contribution in [-0.2, 0) is 0 Å². The van der Waals surface area contributed by atoms with Crippen LogP contribution in [0.3, 0.4) is 0 Å². The highest BCUT2D eigenvalue weighted by Gasteiger charge is 2.14. The minimum Gasteiger partial charge on any atom is -0.478 e. The molecule has 1 aromatic heterocycles. The summed E-state index contributed by atoms with van der Waals surface area (Å²) in [5.41, 5.74) is 2.72. The standard InChI is InChI=1S/C15H9BrO3/c16-14-13(11-6-1-2-7-12(11)19-14)9-4-3-5-10(8-9)15(17)18/h1-8H,(H,17,18). The number of para-hydroxylation sites is 1. The molecule has 0 radical (unpaired) electrons. The summed E-state index contributed by atoms with van der Waals surface area (Å²) in [4.78, 5) is 11.0. The number of hydrogen-bond acceptors (Lipinski definition) is 2. The summed E-state index contributed by atoms with van der Waals surface area (Å²) in [6.45, 7) is 0. The fourth-order valence-corrected chi connectivity index (χ4v) is 2.71. The van der Waals surface area contributed by atoms with Crippen LogP contribution < -0.4 is 0 Å². The number of carbonyl (C=O) groups is 1. The van der Waals surface area contributed by atoms with Gasteiger partial charge < -0.3 is 9.52 Å². The number of rotatable bonds is 2. The molecule has 3 rings (SSSR count).